The Labute approximate surface area is 171 Å². The van der Waals surface area contributed by atoms with Gasteiger partial charge in [0.2, 0.25) is 11.8 Å². The Morgan fingerprint density at radius 1 is 1.24 bits per heavy atom. The van der Waals surface area contributed by atoms with Crippen LogP contribution >= 0.6 is 0 Å². The van der Waals surface area contributed by atoms with Gasteiger partial charge >= 0.3 is 0 Å². The molecule has 5 heteroatoms. The van der Waals surface area contributed by atoms with E-state index in [0.717, 1.165) is 37.7 Å². The second kappa shape index (κ2) is 7.36. The van der Waals surface area contributed by atoms with Gasteiger partial charge in [0.15, 0.2) is 0 Å². The van der Waals surface area contributed by atoms with Crippen LogP contribution in [-0.4, -0.2) is 34.8 Å². The number of allylic oxidation sites excluding steroid dienone is 1. The molecule has 2 heterocycles. The maximum Gasteiger partial charge on any atom is 0.226 e. The maximum absolute atomic E-state index is 12.6. The Kier molecular flexibility index (Phi) is 4.69. The third-order valence-corrected chi connectivity index (χ3v) is 6.97. The van der Waals surface area contributed by atoms with E-state index in [9.17, 15) is 9.59 Å². The minimum atomic E-state index is -0.0424. The summed E-state index contributed by atoms with van der Waals surface area (Å²) < 4.78 is 0. The van der Waals surface area contributed by atoms with Crippen LogP contribution in [0, 0.1) is 11.3 Å². The van der Waals surface area contributed by atoms with Crippen LogP contribution in [0.15, 0.2) is 42.2 Å². The van der Waals surface area contributed by atoms with Crippen LogP contribution in [0.1, 0.15) is 50.5 Å². The average Bonchev–Trinajstić information content (AvgIpc) is 3.30. The lowest BCUT2D eigenvalue weighted by atomic mass is 9.76. The summed E-state index contributed by atoms with van der Waals surface area (Å²) in [4.78, 5) is 30.5. The van der Waals surface area contributed by atoms with E-state index in [0.29, 0.717) is 25.3 Å². The molecule has 1 aromatic heterocycles. The Morgan fingerprint density at radius 2 is 2.10 bits per heavy atom. The number of aromatic nitrogens is 1. The number of nitrogens with zero attached hydrogens (tertiary/aromatic N) is 1. The molecular formula is C24H29N3O2. The fraction of sp³-hybridized carbons (Fsp3) is 0.500. The van der Waals surface area contributed by atoms with Crippen LogP contribution in [0.4, 0.5) is 0 Å². The predicted molar refractivity (Wildman–Crippen MR) is 113 cm³/mol. The van der Waals surface area contributed by atoms with Crippen LogP contribution in [0.25, 0.3) is 10.9 Å². The minimum absolute atomic E-state index is 0.0424. The number of carbonyl (C=O) groups excluding carboxylic acids is 2. The summed E-state index contributed by atoms with van der Waals surface area (Å²) in [6, 6.07) is 8.21. The number of fused-ring (bicyclic) bond motifs is 2. The van der Waals surface area contributed by atoms with Crippen molar-refractivity contribution in [1.29, 1.82) is 0 Å². The second-order valence-electron chi connectivity index (χ2n) is 8.99. The molecule has 29 heavy (non-hydrogen) atoms. The lowest BCUT2D eigenvalue weighted by Gasteiger charge is -2.42. The number of piperidine rings is 1. The number of aryl methyl sites for hydroxylation is 1. The summed E-state index contributed by atoms with van der Waals surface area (Å²) in [5.74, 6) is 1.05. The Morgan fingerprint density at radius 3 is 2.97 bits per heavy atom. The molecule has 0 radical (unpaired) electrons. The largest absolute Gasteiger partial charge is 0.361 e. The molecule has 2 amide bonds. The monoisotopic (exact) mass is 391 g/mol. The molecule has 1 unspecified atom stereocenters. The number of likely N-dealkylation sites (tertiary alicyclic amines) is 1. The van der Waals surface area contributed by atoms with Gasteiger partial charge in [-0.1, -0.05) is 24.3 Å². The van der Waals surface area contributed by atoms with Crippen molar-refractivity contribution in [2.24, 2.45) is 11.3 Å². The summed E-state index contributed by atoms with van der Waals surface area (Å²) >= 11 is 0. The van der Waals surface area contributed by atoms with Crippen molar-refractivity contribution in [3.8, 4) is 0 Å². The van der Waals surface area contributed by atoms with E-state index in [1.165, 1.54) is 29.5 Å². The number of benzene rings is 1. The van der Waals surface area contributed by atoms with E-state index in [1.54, 1.807) is 0 Å². The number of hydrogen-bond acceptors (Lipinski definition) is 2. The smallest absolute Gasteiger partial charge is 0.226 e. The quantitative estimate of drug-likeness (QED) is 0.751. The summed E-state index contributed by atoms with van der Waals surface area (Å²) in [5.41, 5.74) is 3.45. The molecule has 2 N–H and O–H groups in total. The van der Waals surface area contributed by atoms with E-state index in [-0.39, 0.29) is 17.2 Å². The number of amides is 2. The molecule has 0 spiro atoms. The highest BCUT2D eigenvalue weighted by molar-refractivity contribution is 5.84. The first kappa shape index (κ1) is 18.5. The number of rotatable bonds is 7. The molecule has 2 aliphatic carbocycles. The molecule has 1 saturated carbocycles. The zero-order chi connectivity index (χ0) is 19.8. The van der Waals surface area contributed by atoms with Gasteiger partial charge in [0.25, 0.3) is 0 Å². The van der Waals surface area contributed by atoms with Crippen molar-refractivity contribution in [3.63, 3.8) is 0 Å². The fourth-order valence-electron chi connectivity index (χ4n) is 5.06. The van der Waals surface area contributed by atoms with Crippen molar-refractivity contribution >= 4 is 22.7 Å². The maximum atomic E-state index is 12.6. The third-order valence-electron chi connectivity index (χ3n) is 6.97. The van der Waals surface area contributed by atoms with Crippen molar-refractivity contribution in [3.05, 3.63) is 47.8 Å². The summed E-state index contributed by atoms with van der Waals surface area (Å²) in [7, 11) is 0. The molecule has 5 nitrogen and oxygen atoms in total. The van der Waals surface area contributed by atoms with E-state index >= 15 is 0 Å². The molecule has 5 rings (SSSR count). The van der Waals surface area contributed by atoms with Gasteiger partial charge in [0.05, 0.1) is 0 Å². The lowest BCUT2D eigenvalue weighted by Crippen LogP contribution is -2.48. The van der Waals surface area contributed by atoms with Crippen molar-refractivity contribution in [1.82, 2.24) is 15.2 Å². The molecule has 2 fully saturated rings. The highest BCUT2D eigenvalue weighted by Crippen LogP contribution is 2.48. The molecule has 0 bridgehead atoms. The molecule has 152 valence electrons. The molecule has 1 aromatic carbocycles. The topological polar surface area (TPSA) is 65.2 Å². The average molecular weight is 392 g/mol. The zero-order valence-corrected chi connectivity index (χ0v) is 16.9. The second-order valence-corrected chi connectivity index (χ2v) is 8.99. The predicted octanol–water partition coefficient (Wildman–Crippen LogP) is 3.91. The first-order valence-corrected chi connectivity index (χ1v) is 11.0. The van der Waals surface area contributed by atoms with E-state index in [4.69, 9.17) is 0 Å². The number of carbonyl (C=O) groups is 2. The zero-order valence-electron chi connectivity index (χ0n) is 16.9. The molecule has 3 aliphatic rings. The Bertz CT molecular complexity index is 971. The van der Waals surface area contributed by atoms with Crippen molar-refractivity contribution in [2.75, 3.05) is 13.1 Å². The summed E-state index contributed by atoms with van der Waals surface area (Å²) in [6.07, 6.45) is 11.5. The molecule has 1 aliphatic heterocycles. The number of nitrogens with one attached hydrogen (secondary N) is 2. The van der Waals surface area contributed by atoms with E-state index in [2.05, 4.69) is 28.5 Å². The number of aromatic amines is 1. The highest BCUT2D eigenvalue weighted by Gasteiger charge is 2.46. The van der Waals surface area contributed by atoms with Gasteiger partial charge in [0, 0.05) is 54.1 Å². The number of H-pyrrole nitrogens is 1. The Hall–Kier alpha value is -2.56. The standard InChI is InChI=1S/C24H29N3O2/c28-22(10-9-18-14-25-20-5-2-1-4-19(18)20)26-16-24-12-3-6-21(24)27(15-17-7-8-17)23(29)11-13-24/h1-2,4-6,14,17,25H,3,7-13,15-16H2,(H,26,28). The van der Waals surface area contributed by atoms with Crippen molar-refractivity contribution in [2.45, 2.75) is 51.4 Å². The van der Waals surface area contributed by atoms with Crippen LogP contribution in [0.3, 0.4) is 0 Å². The van der Waals surface area contributed by atoms with E-state index in [1.807, 2.05) is 23.2 Å². The van der Waals surface area contributed by atoms with Crippen molar-refractivity contribution < 1.29 is 9.59 Å². The van der Waals surface area contributed by atoms with Gasteiger partial charge < -0.3 is 15.2 Å². The minimum Gasteiger partial charge on any atom is -0.361 e. The third kappa shape index (κ3) is 3.59. The highest BCUT2D eigenvalue weighted by atomic mass is 16.2. The van der Waals surface area contributed by atoms with Gasteiger partial charge in [0.1, 0.15) is 0 Å². The lowest BCUT2D eigenvalue weighted by molar-refractivity contribution is -0.133. The van der Waals surface area contributed by atoms with Gasteiger partial charge in [-0.3, -0.25) is 9.59 Å². The van der Waals surface area contributed by atoms with Gasteiger partial charge in [-0.2, -0.15) is 0 Å². The normalized spacial score (nSPS) is 23.9. The van der Waals surface area contributed by atoms with Crippen LogP contribution in [-0.2, 0) is 16.0 Å². The molecule has 1 saturated heterocycles. The van der Waals surface area contributed by atoms with Gasteiger partial charge in [-0.05, 0) is 56.1 Å². The van der Waals surface area contributed by atoms with E-state index < -0.39 is 0 Å². The molecule has 2 aromatic rings. The summed E-state index contributed by atoms with van der Waals surface area (Å²) in [6.45, 7) is 1.53. The molecular weight excluding hydrogens is 362 g/mol. The summed E-state index contributed by atoms with van der Waals surface area (Å²) in [5, 5.41) is 4.40. The SMILES string of the molecule is O=C(CCc1c[nH]c2ccccc12)NCC12CCC=C1N(CC1CC1)C(=O)CC2. The first-order valence-electron chi connectivity index (χ1n) is 11.0. The van der Waals surface area contributed by atoms with Crippen LogP contribution < -0.4 is 5.32 Å². The van der Waals surface area contributed by atoms with Crippen LogP contribution in [0.5, 0.6) is 0 Å². The van der Waals surface area contributed by atoms with Gasteiger partial charge in [-0.15, -0.1) is 0 Å². The number of para-hydroxylation sites is 1. The Balaban J connectivity index is 1.20. The van der Waals surface area contributed by atoms with Crippen LogP contribution in [0.2, 0.25) is 0 Å². The molecule has 1 atom stereocenters. The first-order chi connectivity index (χ1) is 14.1. The number of hydrogen-bond donors (Lipinski definition) is 2. The fourth-order valence-corrected chi connectivity index (χ4v) is 5.06. The van der Waals surface area contributed by atoms with Gasteiger partial charge in [-0.25, -0.2) is 0 Å².